The molecule has 2 rings (SSSR count). The van der Waals surface area contributed by atoms with E-state index in [0.29, 0.717) is 22.1 Å². The van der Waals surface area contributed by atoms with E-state index in [0.717, 1.165) is 11.8 Å². The Bertz CT molecular complexity index is 802. The van der Waals surface area contributed by atoms with Gasteiger partial charge in [0.2, 0.25) is 5.91 Å². The maximum Gasteiger partial charge on any atom is 0.337 e. The van der Waals surface area contributed by atoms with E-state index < -0.39 is 11.2 Å². The average Bonchev–Trinajstić information content (AvgIpc) is 2.53. The standard InChI is InChI=1S/C16H17N3O4S/c1-9-8-13(20)19-16(17-9)24-10(2)14(21)18-12-6-4-11(5-7-12)15(22)23-3/h4-8,10H,1-3H3,(H,18,21)(H,17,19,20)/t10-/m0/s1. The number of H-pyrrole nitrogens is 1. The first-order valence-electron chi connectivity index (χ1n) is 7.13. The van der Waals surface area contributed by atoms with E-state index >= 15 is 0 Å². The first-order valence-corrected chi connectivity index (χ1v) is 8.01. The summed E-state index contributed by atoms with van der Waals surface area (Å²) in [6.07, 6.45) is 0. The Hall–Kier alpha value is -2.61. The summed E-state index contributed by atoms with van der Waals surface area (Å²) in [6, 6.07) is 7.76. The zero-order valence-electron chi connectivity index (χ0n) is 13.5. The van der Waals surface area contributed by atoms with Crippen molar-refractivity contribution in [3.8, 4) is 0 Å². The highest BCUT2D eigenvalue weighted by Crippen LogP contribution is 2.20. The fourth-order valence-electron chi connectivity index (χ4n) is 1.88. The number of aromatic nitrogens is 2. The van der Waals surface area contributed by atoms with Crippen LogP contribution < -0.4 is 10.9 Å². The minimum absolute atomic E-state index is 0.241. The minimum atomic E-state index is -0.463. The summed E-state index contributed by atoms with van der Waals surface area (Å²) in [5, 5.41) is 2.67. The molecule has 8 heteroatoms. The van der Waals surface area contributed by atoms with Gasteiger partial charge in [-0.15, -0.1) is 0 Å². The number of nitrogens with one attached hydrogen (secondary N) is 2. The van der Waals surface area contributed by atoms with Crippen LogP contribution in [0.3, 0.4) is 0 Å². The van der Waals surface area contributed by atoms with Crippen LogP contribution in [0, 0.1) is 6.92 Å². The third-order valence-corrected chi connectivity index (χ3v) is 4.06. The number of amides is 1. The van der Waals surface area contributed by atoms with Gasteiger partial charge in [0, 0.05) is 17.4 Å². The van der Waals surface area contributed by atoms with Crippen LogP contribution in [0.4, 0.5) is 5.69 Å². The molecule has 0 saturated carbocycles. The van der Waals surface area contributed by atoms with Crippen LogP contribution in [-0.2, 0) is 9.53 Å². The number of hydrogen-bond acceptors (Lipinski definition) is 6. The second-order valence-corrected chi connectivity index (χ2v) is 6.34. The lowest BCUT2D eigenvalue weighted by Crippen LogP contribution is -2.23. The predicted octanol–water partition coefficient (Wildman–Crippen LogP) is 1.98. The van der Waals surface area contributed by atoms with Crippen molar-refractivity contribution < 1.29 is 14.3 Å². The van der Waals surface area contributed by atoms with E-state index in [1.54, 1.807) is 38.1 Å². The second-order valence-electron chi connectivity index (χ2n) is 5.01. The zero-order chi connectivity index (χ0) is 17.7. The van der Waals surface area contributed by atoms with Crippen LogP contribution in [0.15, 0.2) is 40.3 Å². The van der Waals surface area contributed by atoms with Gasteiger partial charge in [0.05, 0.1) is 17.9 Å². The average molecular weight is 347 g/mol. The third-order valence-electron chi connectivity index (χ3n) is 3.08. The molecule has 24 heavy (non-hydrogen) atoms. The van der Waals surface area contributed by atoms with Gasteiger partial charge >= 0.3 is 5.97 Å². The van der Waals surface area contributed by atoms with Crippen molar-refractivity contribution >= 4 is 29.3 Å². The molecule has 1 aromatic heterocycles. The summed E-state index contributed by atoms with van der Waals surface area (Å²) in [7, 11) is 1.31. The largest absolute Gasteiger partial charge is 0.465 e. The number of methoxy groups -OCH3 is 1. The van der Waals surface area contributed by atoms with Gasteiger partial charge in [-0.2, -0.15) is 0 Å². The maximum atomic E-state index is 12.2. The van der Waals surface area contributed by atoms with Gasteiger partial charge in [0.25, 0.3) is 5.56 Å². The van der Waals surface area contributed by atoms with Gasteiger partial charge in [-0.1, -0.05) is 11.8 Å². The number of nitrogens with zero attached hydrogens (tertiary/aromatic N) is 1. The SMILES string of the molecule is COC(=O)c1ccc(NC(=O)[C@H](C)Sc2nc(C)cc(=O)[nH]2)cc1. The highest BCUT2D eigenvalue weighted by atomic mass is 32.2. The molecule has 0 spiro atoms. The van der Waals surface area contributed by atoms with E-state index in [1.165, 1.54) is 13.2 Å². The normalized spacial score (nSPS) is 11.6. The predicted molar refractivity (Wildman–Crippen MR) is 91.3 cm³/mol. The molecule has 2 N–H and O–H groups in total. The topological polar surface area (TPSA) is 101 Å². The summed E-state index contributed by atoms with van der Waals surface area (Å²) in [6.45, 7) is 3.43. The van der Waals surface area contributed by atoms with Crippen LogP contribution in [0.2, 0.25) is 0 Å². The second kappa shape index (κ2) is 7.78. The fraction of sp³-hybridized carbons (Fsp3) is 0.250. The van der Waals surface area contributed by atoms with Gasteiger partial charge in [-0.3, -0.25) is 9.59 Å². The number of hydrogen-bond donors (Lipinski definition) is 2. The van der Waals surface area contributed by atoms with Crippen LogP contribution >= 0.6 is 11.8 Å². The summed E-state index contributed by atoms with van der Waals surface area (Å²) >= 11 is 1.16. The molecular weight excluding hydrogens is 330 g/mol. The Morgan fingerprint density at radius 1 is 1.29 bits per heavy atom. The van der Waals surface area contributed by atoms with Gasteiger partial charge < -0.3 is 15.0 Å². The third kappa shape index (κ3) is 4.69. The number of thioether (sulfide) groups is 1. The molecule has 0 fully saturated rings. The lowest BCUT2D eigenvalue weighted by molar-refractivity contribution is -0.115. The number of carbonyl (C=O) groups excluding carboxylic acids is 2. The first kappa shape index (κ1) is 17.7. The van der Waals surface area contributed by atoms with Crippen molar-refractivity contribution in [2.24, 2.45) is 0 Å². The molecule has 1 heterocycles. The number of esters is 1. The molecule has 0 aliphatic heterocycles. The van der Waals surface area contributed by atoms with Crippen molar-refractivity contribution in [1.82, 2.24) is 9.97 Å². The summed E-state index contributed by atoms with van der Waals surface area (Å²) in [5.41, 5.74) is 1.30. The Kier molecular flexibility index (Phi) is 5.75. The maximum absolute atomic E-state index is 12.2. The molecule has 1 aromatic carbocycles. The molecule has 1 atom stereocenters. The Morgan fingerprint density at radius 3 is 2.54 bits per heavy atom. The number of carbonyl (C=O) groups is 2. The molecule has 0 radical (unpaired) electrons. The van der Waals surface area contributed by atoms with Crippen LogP contribution in [0.25, 0.3) is 0 Å². The van der Waals surface area contributed by atoms with E-state index in [9.17, 15) is 14.4 Å². The quantitative estimate of drug-likeness (QED) is 0.487. The smallest absolute Gasteiger partial charge is 0.337 e. The van der Waals surface area contributed by atoms with Crippen LogP contribution in [0.1, 0.15) is 23.0 Å². The Balaban J connectivity index is 2.00. The highest BCUT2D eigenvalue weighted by molar-refractivity contribution is 8.00. The molecule has 0 aliphatic carbocycles. The molecule has 0 unspecified atom stereocenters. The summed E-state index contributed by atoms with van der Waals surface area (Å²) in [4.78, 5) is 41.8. The monoisotopic (exact) mass is 347 g/mol. The molecule has 126 valence electrons. The van der Waals surface area contributed by atoms with Crippen molar-refractivity contribution in [3.63, 3.8) is 0 Å². The zero-order valence-corrected chi connectivity index (χ0v) is 14.3. The lowest BCUT2D eigenvalue weighted by Gasteiger charge is -2.11. The molecule has 2 aromatic rings. The van der Waals surface area contributed by atoms with Crippen molar-refractivity contribution in [3.05, 3.63) is 51.9 Å². The minimum Gasteiger partial charge on any atom is -0.465 e. The van der Waals surface area contributed by atoms with Crippen LogP contribution in [-0.4, -0.2) is 34.2 Å². The molecule has 0 bridgehead atoms. The van der Waals surface area contributed by atoms with E-state index in [-0.39, 0.29) is 11.5 Å². The summed E-state index contributed by atoms with van der Waals surface area (Å²) in [5.74, 6) is -0.679. The number of aromatic amines is 1. The number of benzene rings is 1. The van der Waals surface area contributed by atoms with Crippen molar-refractivity contribution in [2.75, 3.05) is 12.4 Å². The number of rotatable bonds is 5. The van der Waals surface area contributed by atoms with Gasteiger partial charge in [0.15, 0.2) is 5.16 Å². The van der Waals surface area contributed by atoms with Crippen molar-refractivity contribution in [2.45, 2.75) is 24.3 Å². The van der Waals surface area contributed by atoms with Gasteiger partial charge in [-0.05, 0) is 38.1 Å². The van der Waals surface area contributed by atoms with Crippen LogP contribution in [0.5, 0.6) is 0 Å². The Labute approximate surface area is 142 Å². The summed E-state index contributed by atoms with van der Waals surface area (Å²) < 4.78 is 4.62. The molecular formula is C16H17N3O4S. The Morgan fingerprint density at radius 2 is 1.96 bits per heavy atom. The molecule has 1 amide bonds. The van der Waals surface area contributed by atoms with E-state index in [2.05, 4.69) is 20.0 Å². The molecule has 0 aliphatic rings. The number of aryl methyl sites for hydroxylation is 1. The van der Waals surface area contributed by atoms with Gasteiger partial charge in [-0.25, -0.2) is 9.78 Å². The fourth-order valence-corrected chi connectivity index (χ4v) is 2.74. The van der Waals surface area contributed by atoms with E-state index in [4.69, 9.17) is 0 Å². The first-order chi connectivity index (χ1) is 11.4. The van der Waals surface area contributed by atoms with Gasteiger partial charge in [0.1, 0.15) is 0 Å². The molecule has 7 nitrogen and oxygen atoms in total. The molecule has 0 saturated heterocycles. The number of ether oxygens (including phenoxy) is 1. The lowest BCUT2D eigenvalue weighted by atomic mass is 10.2. The number of anilines is 1. The van der Waals surface area contributed by atoms with E-state index in [1.807, 2.05) is 0 Å². The highest BCUT2D eigenvalue weighted by Gasteiger charge is 2.16. The van der Waals surface area contributed by atoms with Crippen molar-refractivity contribution in [1.29, 1.82) is 0 Å².